The van der Waals surface area contributed by atoms with Gasteiger partial charge in [0, 0.05) is 0 Å². The van der Waals surface area contributed by atoms with Crippen LogP contribution in [-0.4, -0.2) is 36.0 Å². The van der Waals surface area contributed by atoms with Crippen molar-refractivity contribution >= 4 is 11.9 Å². The Morgan fingerprint density at radius 2 is 1.27 bits per heavy atom. The maximum absolute atomic E-state index is 12.7. The van der Waals surface area contributed by atoms with E-state index in [1.54, 1.807) is 13.8 Å². The first-order valence-corrected chi connectivity index (χ1v) is 9.70. The molecule has 4 nitrogen and oxygen atoms in total. The van der Waals surface area contributed by atoms with Crippen LogP contribution < -0.4 is 0 Å². The van der Waals surface area contributed by atoms with Gasteiger partial charge in [-0.15, -0.1) is 0 Å². The molecular weight excluding hydrogens is 418 g/mol. The van der Waals surface area contributed by atoms with Crippen LogP contribution in [0.25, 0.3) is 0 Å². The molecule has 0 bridgehead atoms. The van der Waals surface area contributed by atoms with Crippen LogP contribution in [-0.2, 0) is 19.1 Å². The van der Waals surface area contributed by atoms with E-state index < -0.39 is 47.8 Å². The lowest BCUT2D eigenvalue weighted by Crippen LogP contribution is -2.50. The fraction of sp³-hybridized carbons (Fsp3) is 0.900. The second kappa shape index (κ2) is 9.77. The van der Waals surface area contributed by atoms with Gasteiger partial charge in [-0.25, -0.2) is 0 Å². The molecule has 0 saturated heterocycles. The predicted molar refractivity (Wildman–Crippen MR) is 98.3 cm³/mol. The van der Waals surface area contributed by atoms with Gasteiger partial charge in [-0.2, -0.15) is 26.3 Å². The number of alkyl halides is 6. The number of carbonyl (C=O) groups is 2. The maximum atomic E-state index is 12.7. The van der Waals surface area contributed by atoms with Crippen molar-refractivity contribution in [3.8, 4) is 0 Å². The van der Waals surface area contributed by atoms with E-state index in [2.05, 4.69) is 4.74 Å². The first-order chi connectivity index (χ1) is 13.1. The Bertz CT molecular complexity index is 574. The molecule has 0 heterocycles. The van der Waals surface area contributed by atoms with Crippen LogP contribution >= 0.6 is 0 Å². The molecule has 0 N–H and O–H groups in total. The van der Waals surface area contributed by atoms with E-state index in [9.17, 15) is 35.9 Å². The summed E-state index contributed by atoms with van der Waals surface area (Å²) >= 11 is 0. The summed E-state index contributed by atoms with van der Waals surface area (Å²) in [4.78, 5) is 25.0. The second-order valence-electron chi connectivity index (χ2n) is 9.50. The van der Waals surface area contributed by atoms with Crippen molar-refractivity contribution in [1.82, 2.24) is 0 Å². The molecule has 178 valence electrons. The van der Waals surface area contributed by atoms with Crippen LogP contribution in [0, 0.1) is 23.2 Å². The number of rotatable bonds is 8. The Morgan fingerprint density at radius 3 is 1.57 bits per heavy atom. The van der Waals surface area contributed by atoms with E-state index in [1.165, 1.54) is 20.8 Å². The van der Waals surface area contributed by atoms with E-state index in [0.717, 1.165) is 0 Å². The molecule has 0 amide bonds. The molecule has 10 heteroatoms. The number of hydrogen-bond acceptors (Lipinski definition) is 4. The Hall–Kier alpha value is -1.48. The van der Waals surface area contributed by atoms with Gasteiger partial charge in [0.25, 0.3) is 6.10 Å². The van der Waals surface area contributed by atoms with Gasteiger partial charge in [-0.05, 0) is 38.0 Å². The zero-order chi connectivity index (χ0) is 24.3. The van der Waals surface area contributed by atoms with Gasteiger partial charge < -0.3 is 9.47 Å². The molecule has 0 radical (unpaired) electrons. The molecule has 0 spiro atoms. The first kappa shape index (κ1) is 28.5. The fourth-order valence-corrected chi connectivity index (χ4v) is 3.12. The standard InChI is InChI=1S/C20H32F6O4/c1-9-13(15(28)29-16(19(21,22)23)20(24,25)26)18(7,8)30-14(27)12(11(2)3)10-17(4,5)6/h11-13,16H,9-10H2,1-8H3. The number of ether oxygens (including phenoxy) is 2. The zero-order valence-corrected chi connectivity index (χ0v) is 18.6. The number of carbonyl (C=O) groups excluding carboxylic acids is 2. The van der Waals surface area contributed by atoms with Gasteiger partial charge in [-0.3, -0.25) is 9.59 Å². The largest absolute Gasteiger partial charge is 0.459 e. The highest BCUT2D eigenvalue weighted by atomic mass is 19.4. The van der Waals surface area contributed by atoms with Crippen LogP contribution in [0.3, 0.4) is 0 Å². The summed E-state index contributed by atoms with van der Waals surface area (Å²) in [5.74, 6) is -4.60. The van der Waals surface area contributed by atoms with E-state index in [-0.39, 0.29) is 17.8 Å². The van der Waals surface area contributed by atoms with Crippen LogP contribution in [0.5, 0.6) is 0 Å². The van der Waals surface area contributed by atoms with Crippen molar-refractivity contribution in [3.63, 3.8) is 0 Å². The number of hydrogen-bond donors (Lipinski definition) is 0. The predicted octanol–water partition coefficient (Wildman–Crippen LogP) is 6.08. The SMILES string of the molecule is CCC(C(=O)OC(C(F)(F)F)C(F)(F)F)C(C)(C)OC(=O)C(CC(C)(C)C)C(C)C. The summed E-state index contributed by atoms with van der Waals surface area (Å²) < 4.78 is 85.6. The summed E-state index contributed by atoms with van der Waals surface area (Å²) in [6.45, 7) is 13.3. The van der Waals surface area contributed by atoms with Crippen molar-refractivity contribution in [1.29, 1.82) is 0 Å². The summed E-state index contributed by atoms with van der Waals surface area (Å²) in [5, 5.41) is 0. The van der Waals surface area contributed by atoms with E-state index in [4.69, 9.17) is 4.74 Å². The van der Waals surface area contributed by atoms with Gasteiger partial charge in [0.15, 0.2) is 0 Å². The Kier molecular flexibility index (Phi) is 9.28. The first-order valence-electron chi connectivity index (χ1n) is 9.70. The lowest BCUT2D eigenvalue weighted by Gasteiger charge is -2.36. The molecule has 0 aromatic heterocycles. The van der Waals surface area contributed by atoms with Gasteiger partial charge in [0.2, 0.25) is 0 Å². The molecular formula is C20H32F6O4. The molecule has 0 aliphatic heterocycles. The molecule has 0 aliphatic rings. The summed E-state index contributed by atoms with van der Waals surface area (Å²) in [5.41, 5.74) is -1.90. The third kappa shape index (κ3) is 8.71. The topological polar surface area (TPSA) is 52.6 Å². The highest BCUT2D eigenvalue weighted by molar-refractivity contribution is 5.77. The van der Waals surface area contributed by atoms with Crippen molar-refractivity contribution in [3.05, 3.63) is 0 Å². The van der Waals surface area contributed by atoms with Crippen LogP contribution in [0.1, 0.15) is 68.2 Å². The molecule has 0 aromatic carbocycles. The average molecular weight is 450 g/mol. The van der Waals surface area contributed by atoms with Gasteiger partial charge in [-0.1, -0.05) is 41.5 Å². The summed E-state index contributed by atoms with van der Waals surface area (Å²) in [6.07, 6.45) is -15.6. The molecule has 2 unspecified atom stereocenters. The monoisotopic (exact) mass is 450 g/mol. The molecule has 0 aromatic rings. The Balaban J connectivity index is 5.61. The fourth-order valence-electron chi connectivity index (χ4n) is 3.12. The minimum atomic E-state index is -5.82. The Morgan fingerprint density at radius 1 is 0.833 bits per heavy atom. The summed E-state index contributed by atoms with van der Waals surface area (Å²) in [7, 11) is 0. The van der Waals surface area contributed by atoms with Crippen molar-refractivity contribution in [2.75, 3.05) is 0 Å². The van der Waals surface area contributed by atoms with Crippen LogP contribution in [0.15, 0.2) is 0 Å². The molecule has 30 heavy (non-hydrogen) atoms. The lowest BCUT2D eigenvalue weighted by molar-refractivity contribution is -0.315. The third-order valence-corrected chi connectivity index (χ3v) is 4.66. The maximum Gasteiger partial charge on any atom is 0.434 e. The number of halogens is 6. The Labute approximate surface area is 173 Å². The third-order valence-electron chi connectivity index (χ3n) is 4.66. The van der Waals surface area contributed by atoms with Gasteiger partial charge >= 0.3 is 24.3 Å². The molecule has 2 atom stereocenters. The van der Waals surface area contributed by atoms with Crippen molar-refractivity contribution in [2.24, 2.45) is 23.2 Å². The quantitative estimate of drug-likeness (QED) is 0.332. The zero-order valence-electron chi connectivity index (χ0n) is 18.6. The van der Waals surface area contributed by atoms with Crippen molar-refractivity contribution in [2.45, 2.75) is 92.3 Å². The van der Waals surface area contributed by atoms with Gasteiger partial charge in [0.05, 0.1) is 11.8 Å². The van der Waals surface area contributed by atoms with E-state index >= 15 is 0 Å². The van der Waals surface area contributed by atoms with Crippen molar-refractivity contribution < 1.29 is 45.4 Å². The number of esters is 2. The van der Waals surface area contributed by atoms with Gasteiger partial charge in [0.1, 0.15) is 5.60 Å². The summed E-state index contributed by atoms with van der Waals surface area (Å²) in [6, 6.07) is 0. The highest BCUT2D eigenvalue weighted by Gasteiger charge is 2.60. The minimum absolute atomic E-state index is 0.126. The van der Waals surface area contributed by atoms with E-state index in [1.807, 2.05) is 20.8 Å². The minimum Gasteiger partial charge on any atom is -0.459 e. The van der Waals surface area contributed by atoms with Crippen LogP contribution in [0.2, 0.25) is 0 Å². The molecule has 0 fully saturated rings. The van der Waals surface area contributed by atoms with Crippen LogP contribution in [0.4, 0.5) is 26.3 Å². The smallest absolute Gasteiger partial charge is 0.434 e. The highest BCUT2D eigenvalue weighted by Crippen LogP contribution is 2.38. The normalized spacial score (nSPS) is 15.9. The lowest BCUT2D eigenvalue weighted by atomic mass is 9.79. The molecule has 0 aliphatic carbocycles. The second-order valence-corrected chi connectivity index (χ2v) is 9.50. The van der Waals surface area contributed by atoms with E-state index in [0.29, 0.717) is 6.42 Å². The molecule has 0 rings (SSSR count). The average Bonchev–Trinajstić information content (AvgIpc) is 2.46. The molecule has 0 saturated carbocycles.